The molecule has 0 saturated carbocycles. The number of nitrogens with zero attached hydrogens (tertiary/aromatic N) is 4. The summed E-state index contributed by atoms with van der Waals surface area (Å²) in [6.45, 7) is 10.4. The maximum atomic E-state index is 12.8. The van der Waals surface area contributed by atoms with Crippen molar-refractivity contribution in [1.82, 2.24) is 25.0 Å². The Morgan fingerprint density at radius 3 is 2.52 bits per heavy atom. The topological polar surface area (TPSA) is 82.2 Å². The maximum Gasteiger partial charge on any atom is 0.225 e. The van der Waals surface area contributed by atoms with E-state index in [0.29, 0.717) is 26.2 Å². The van der Waals surface area contributed by atoms with Crippen LogP contribution in [0.3, 0.4) is 0 Å². The Hall–Kier alpha value is -1.92. The smallest absolute Gasteiger partial charge is 0.225 e. The number of H-pyrrole nitrogens is 1. The van der Waals surface area contributed by atoms with Crippen molar-refractivity contribution >= 4 is 11.8 Å². The Labute approximate surface area is 149 Å². The van der Waals surface area contributed by atoms with Crippen LogP contribution in [0.1, 0.15) is 51.7 Å². The number of likely N-dealkylation sites (tertiary alicyclic amines) is 2. The number of hydrogen-bond acceptors (Lipinski definition) is 4. The van der Waals surface area contributed by atoms with Crippen molar-refractivity contribution < 1.29 is 9.59 Å². The van der Waals surface area contributed by atoms with Crippen molar-refractivity contribution in [2.75, 3.05) is 26.2 Å². The zero-order valence-electron chi connectivity index (χ0n) is 15.7. The molecule has 3 heterocycles. The number of aromatic amines is 1. The molecule has 3 rings (SSSR count). The third-order valence-corrected chi connectivity index (χ3v) is 6.10. The molecule has 0 bridgehead atoms. The van der Waals surface area contributed by atoms with Gasteiger partial charge in [-0.25, -0.2) is 4.98 Å². The van der Waals surface area contributed by atoms with Crippen molar-refractivity contribution in [1.29, 1.82) is 0 Å². The van der Waals surface area contributed by atoms with Gasteiger partial charge in [0.05, 0.1) is 5.41 Å². The molecule has 2 atom stereocenters. The van der Waals surface area contributed by atoms with E-state index in [1.54, 1.807) is 6.92 Å². The van der Waals surface area contributed by atoms with E-state index < -0.39 is 0 Å². The second-order valence-corrected chi connectivity index (χ2v) is 7.54. The molecule has 0 spiro atoms. The molecule has 0 unspecified atom stereocenters. The van der Waals surface area contributed by atoms with Gasteiger partial charge in [0.25, 0.3) is 0 Å². The standard InChI is InChI=1S/C18H29N5O2/c1-5-14(6-2)16(25)22-8-7-18(17-19-12(3)20-21-17)11-23(13(4)24)10-15(18)9-22/h14-15H,5-11H2,1-4H3,(H,19,20,21)/t15-,18-/m1/s1. The van der Waals surface area contributed by atoms with E-state index in [1.165, 1.54) is 0 Å². The lowest BCUT2D eigenvalue weighted by atomic mass is 9.71. The van der Waals surface area contributed by atoms with Gasteiger partial charge in [-0.15, -0.1) is 0 Å². The maximum absolute atomic E-state index is 12.8. The average molecular weight is 347 g/mol. The van der Waals surface area contributed by atoms with Gasteiger partial charge in [0.15, 0.2) is 5.82 Å². The average Bonchev–Trinajstić information content (AvgIpc) is 3.19. The van der Waals surface area contributed by atoms with E-state index in [2.05, 4.69) is 29.0 Å². The molecule has 2 aliphatic rings. The molecule has 0 radical (unpaired) electrons. The fourth-order valence-corrected chi connectivity index (χ4v) is 4.45. The molecule has 138 valence electrons. The molecule has 1 aromatic rings. The van der Waals surface area contributed by atoms with E-state index in [-0.39, 0.29) is 29.1 Å². The first-order valence-corrected chi connectivity index (χ1v) is 9.35. The lowest BCUT2D eigenvalue weighted by Gasteiger charge is -2.42. The van der Waals surface area contributed by atoms with E-state index in [4.69, 9.17) is 0 Å². The number of rotatable bonds is 4. The summed E-state index contributed by atoms with van der Waals surface area (Å²) in [5.41, 5.74) is -0.235. The number of carbonyl (C=O) groups excluding carboxylic acids is 2. The van der Waals surface area contributed by atoms with Crippen molar-refractivity contribution in [3.05, 3.63) is 11.6 Å². The molecule has 25 heavy (non-hydrogen) atoms. The van der Waals surface area contributed by atoms with Crippen LogP contribution < -0.4 is 0 Å². The van der Waals surface area contributed by atoms with Crippen molar-refractivity contribution in [2.45, 2.75) is 52.4 Å². The van der Waals surface area contributed by atoms with Crippen molar-refractivity contribution in [3.63, 3.8) is 0 Å². The highest BCUT2D eigenvalue weighted by Crippen LogP contribution is 2.44. The summed E-state index contributed by atoms with van der Waals surface area (Å²) in [5.74, 6) is 2.22. The highest BCUT2D eigenvalue weighted by Gasteiger charge is 2.54. The first-order valence-electron chi connectivity index (χ1n) is 9.35. The van der Waals surface area contributed by atoms with Gasteiger partial charge in [0.1, 0.15) is 5.82 Å². The Morgan fingerprint density at radius 2 is 1.96 bits per heavy atom. The monoisotopic (exact) mass is 347 g/mol. The predicted octanol–water partition coefficient (Wildman–Crippen LogP) is 1.50. The quantitative estimate of drug-likeness (QED) is 0.895. The molecule has 2 amide bonds. The lowest BCUT2D eigenvalue weighted by molar-refractivity contribution is -0.138. The van der Waals surface area contributed by atoms with E-state index >= 15 is 0 Å². The highest BCUT2D eigenvalue weighted by atomic mass is 16.2. The first kappa shape index (κ1) is 17.9. The Bertz CT molecular complexity index is 654. The van der Waals surface area contributed by atoms with Crippen LogP contribution >= 0.6 is 0 Å². The Morgan fingerprint density at radius 1 is 1.28 bits per heavy atom. The summed E-state index contributed by atoms with van der Waals surface area (Å²) in [4.78, 5) is 33.3. The first-order chi connectivity index (χ1) is 11.9. The number of nitrogens with one attached hydrogen (secondary N) is 1. The summed E-state index contributed by atoms with van der Waals surface area (Å²) in [6.07, 6.45) is 2.56. The van der Waals surface area contributed by atoms with Gasteiger partial charge in [-0.1, -0.05) is 13.8 Å². The summed E-state index contributed by atoms with van der Waals surface area (Å²) < 4.78 is 0. The molecule has 0 aliphatic carbocycles. The largest absolute Gasteiger partial charge is 0.342 e. The van der Waals surface area contributed by atoms with Gasteiger partial charge in [-0.3, -0.25) is 14.7 Å². The van der Waals surface area contributed by atoms with Crippen LogP contribution in [0.5, 0.6) is 0 Å². The number of amides is 2. The molecule has 2 saturated heterocycles. The van der Waals surface area contributed by atoms with Gasteiger partial charge in [-0.2, -0.15) is 5.10 Å². The third-order valence-electron chi connectivity index (χ3n) is 6.10. The Balaban J connectivity index is 1.86. The second kappa shape index (κ2) is 6.77. The summed E-state index contributed by atoms with van der Waals surface area (Å²) in [6, 6.07) is 0. The minimum atomic E-state index is -0.235. The molecular formula is C18H29N5O2. The number of carbonyl (C=O) groups is 2. The number of piperidine rings is 1. The number of aryl methyl sites for hydroxylation is 1. The lowest BCUT2D eigenvalue weighted by Crippen LogP contribution is -2.53. The van der Waals surface area contributed by atoms with E-state index in [0.717, 1.165) is 30.9 Å². The van der Waals surface area contributed by atoms with Crippen LogP contribution in [0, 0.1) is 18.8 Å². The molecule has 1 aromatic heterocycles. The second-order valence-electron chi connectivity index (χ2n) is 7.54. The third kappa shape index (κ3) is 3.04. The minimum absolute atomic E-state index is 0.0823. The van der Waals surface area contributed by atoms with Crippen LogP contribution in [-0.2, 0) is 15.0 Å². The van der Waals surface area contributed by atoms with Crippen molar-refractivity contribution in [3.8, 4) is 0 Å². The van der Waals surface area contributed by atoms with Gasteiger partial charge in [0.2, 0.25) is 11.8 Å². The summed E-state index contributed by atoms with van der Waals surface area (Å²) in [7, 11) is 0. The molecule has 2 fully saturated rings. The predicted molar refractivity (Wildman–Crippen MR) is 93.8 cm³/mol. The molecule has 7 nitrogen and oxygen atoms in total. The van der Waals surface area contributed by atoms with E-state index in [9.17, 15) is 9.59 Å². The molecule has 2 aliphatic heterocycles. The summed E-state index contributed by atoms with van der Waals surface area (Å²) in [5, 5.41) is 7.37. The number of aromatic nitrogens is 3. The van der Waals surface area contributed by atoms with Gasteiger partial charge in [0, 0.05) is 44.9 Å². The normalized spacial score (nSPS) is 26.2. The molecule has 0 aromatic carbocycles. The van der Waals surface area contributed by atoms with Crippen molar-refractivity contribution in [2.24, 2.45) is 11.8 Å². The minimum Gasteiger partial charge on any atom is -0.342 e. The van der Waals surface area contributed by atoms with Crippen LogP contribution in [0.4, 0.5) is 0 Å². The van der Waals surface area contributed by atoms with Crippen LogP contribution in [-0.4, -0.2) is 63.0 Å². The van der Waals surface area contributed by atoms with Gasteiger partial charge < -0.3 is 9.80 Å². The molecular weight excluding hydrogens is 318 g/mol. The van der Waals surface area contributed by atoms with E-state index in [1.807, 2.05) is 16.7 Å². The fourth-order valence-electron chi connectivity index (χ4n) is 4.45. The fraction of sp³-hybridized carbons (Fsp3) is 0.778. The highest BCUT2D eigenvalue weighted by molar-refractivity contribution is 5.79. The van der Waals surface area contributed by atoms with Crippen LogP contribution in [0.15, 0.2) is 0 Å². The van der Waals surface area contributed by atoms with Crippen LogP contribution in [0.25, 0.3) is 0 Å². The SMILES string of the molecule is CCC(CC)C(=O)N1CC[C@@]2(c3n[nH]c(C)n3)CN(C(C)=O)C[C@H]2C1. The van der Waals surface area contributed by atoms with Gasteiger partial charge >= 0.3 is 0 Å². The van der Waals surface area contributed by atoms with Crippen LogP contribution in [0.2, 0.25) is 0 Å². The van der Waals surface area contributed by atoms with Gasteiger partial charge in [-0.05, 0) is 26.2 Å². The number of hydrogen-bond donors (Lipinski definition) is 1. The Kier molecular flexibility index (Phi) is 4.84. The number of fused-ring (bicyclic) bond motifs is 1. The molecule has 1 N–H and O–H groups in total. The zero-order valence-corrected chi connectivity index (χ0v) is 15.7. The molecule has 7 heteroatoms. The zero-order chi connectivity index (χ0) is 18.2. The summed E-state index contributed by atoms with van der Waals surface area (Å²) >= 11 is 0.